The molecule has 0 aliphatic rings. The Bertz CT molecular complexity index is 664. The van der Waals surface area contributed by atoms with E-state index in [2.05, 4.69) is 4.98 Å². The highest BCUT2D eigenvalue weighted by Gasteiger charge is 2.35. The second kappa shape index (κ2) is 9.46. The molecule has 1 unspecified atom stereocenters. The van der Waals surface area contributed by atoms with Gasteiger partial charge in [0.25, 0.3) is 0 Å². The zero-order chi connectivity index (χ0) is 19.9. The van der Waals surface area contributed by atoms with Gasteiger partial charge in [0.2, 0.25) is 0 Å². The molecule has 1 atom stereocenters. The Balaban J connectivity index is 0.00000277. The fourth-order valence-electron chi connectivity index (χ4n) is 2.00. The number of aliphatic hydroxyl groups is 1. The molecule has 1 heterocycles. The van der Waals surface area contributed by atoms with Gasteiger partial charge in [-0.15, -0.1) is 0 Å². The predicted molar refractivity (Wildman–Crippen MR) is 89.4 cm³/mol. The van der Waals surface area contributed by atoms with Crippen molar-refractivity contribution in [1.29, 1.82) is 0 Å². The van der Waals surface area contributed by atoms with Gasteiger partial charge in [-0.1, -0.05) is 13.8 Å². The van der Waals surface area contributed by atoms with Crippen molar-refractivity contribution in [2.75, 3.05) is 0 Å². The molecule has 0 aliphatic heterocycles. The molecule has 0 spiro atoms. The van der Waals surface area contributed by atoms with Gasteiger partial charge in [0.15, 0.2) is 11.6 Å². The van der Waals surface area contributed by atoms with Crippen LogP contribution in [0.1, 0.15) is 63.2 Å². The number of allylic oxidation sites excluding steroid dienone is 1. The molecule has 7 heteroatoms. The Hall–Kier alpha value is -2.02. The van der Waals surface area contributed by atoms with Gasteiger partial charge in [-0.2, -0.15) is 13.2 Å². The predicted octanol–water partition coefficient (Wildman–Crippen LogP) is 4.16. The average molecular weight is 359 g/mol. The highest BCUT2D eigenvalue weighted by molar-refractivity contribution is 5.95. The van der Waals surface area contributed by atoms with Crippen LogP contribution in [0, 0.1) is 0 Å². The number of hydrogen-bond donors (Lipinski definition) is 1. The van der Waals surface area contributed by atoms with Crippen LogP contribution in [0.15, 0.2) is 23.4 Å². The Morgan fingerprint density at radius 2 is 1.68 bits per heavy atom. The topological polar surface area (TPSA) is 67.3 Å². The lowest BCUT2D eigenvalue weighted by atomic mass is 9.98. The summed E-state index contributed by atoms with van der Waals surface area (Å²) in [6, 6.07) is 0.760. The summed E-state index contributed by atoms with van der Waals surface area (Å²) in [4.78, 5) is 26.4. The second-order valence-corrected chi connectivity index (χ2v) is 5.36. The highest BCUT2D eigenvalue weighted by atomic mass is 19.4. The number of ketones is 2. The van der Waals surface area contributed by atoms with Crippen LogP contribution in [-0.4, -0.2) is 27.8 Å². The summed E-state index contributed by atoms with van der Waals surface area (Å²) >= 11 is 0. The summed E-state index contributed by atoms with van der Waals surface area (Å²) in [5, 5.41) is 10.1. The third-order valence-electron chi connectivity index (χ3n) is 3.67. The number of rotatable bonds is 5. The van der Waals surface area contributed by atoms with Crippen LogP contribution in [-0.2, 0) is 17.4 Å². The lowest BCUT2D eigenvalue weighted by Gasteiger charge is -2.16. The van der Waals surface area contributed by atoms with Crippen molar-refractivity contribution in [3.63, 3.8) is 0 Å². The molecule has 4 nitrogen and oxygen atoms in total. The molecule has 1 rings (SSSR count). The smallest absolute Gasteiger partial charge is 0.388 e. The van der Waals surface area contributed by atoms with E-state index in [0.29, 0.717) is 11.1 Å². The van der Waals surface area contributed by atoms with Gasteiger partial charge >= 0.3 is 6.18 Å². The fraction of sp³-hybridized carbons (Fsp3) is 0.500. The lowest BCUT2D eigenvalue weighted by molar-refractivity contribution is -0.138. The minimum atomic E-state index is -4.69. The number of halogens is 3. The van der Waals surface area contributed by atoms with Crippen LogP contribution >= 0.6 is 0 Å². The van der Waals surface area contributed by atoms with Crippen LogP contribution < -0.4 is 0 Å². The number of Topliss-reactive ketones (excluding diaryl/α,β-unsaturated/α-hetero) is 2. The molecule has 0 saturated carbocycles. The van der Waals surface area contributed by atoms with Crippen LogP contribution in [0.3, 0.4) is 0 Å². The Kier molecular flexibility index (Phi) is 8.70. The largest absolute Gasteiger partial charge is 0.417 e. The van der Waals surface area contributed by atoms with Crippen molar-refractivity contribution < 1.29 is 27.9 Å². The number of carbonyl (C=O) groups excluding carboxylic acids is 2. The van der Waals surface area contributed by atoms with Gasteiger partial charge in [-0.05, 0) is 44.9 Å². The summed E-state index contributed by atoms with van der Waals surface area (Å²) in [7, 11) is 0. The summed E-state index contributed by atoms with van der Waals surface area (Å²) in [6.07, 6.45) is -5.14. The van der Waals surface area contributed by atoms with Crippen molar-refractivity contribution in [2.45, 2.75) is 60.2 Å². The first-order valence-corrected chi connectivity index (χ1v) is 7.88. The summed E-state index contributed by atoms with van der Waals surface area (Å²) < 4.78 is 39.1. The monoisotopic (exact) mass is 359 g/mol. The molecule has 0 saturated heterocycles. The number of aromatic nitrogens is 1. The van der Waals surface area contributed by atoms with Gasteiger partial charge in [0.1, 0.15) is 0 Å². The first-order valence-electron chi connectivity index (χ1n) is 7.88. The standard InChI is InChI=1S/C16H18F3NO3.C2H6/c1-8(10(3)21)9(2)15(23)6-12-5-14(16(17,18)19)13(7-20-12)11(4)22;1-2/h5,7,15,23H,6H2,1-4H3;1-2H3/b9-8-;. The Morgan fingerprint density at radius 1 is 1.16 bits per heavy atom. The van der Waals surface area contributed by atoms with Crippen molar-refractivity contribution in [2.24, 2.45) is 0 Å². The van der Waals surface area contributed by atoms with Crippen LogP contribution in [0.25, 0.3) is 0 Å². The molecule has 0 aliphatic carbocycles. The Labute approximate surface area is 145 Å². The molecular formula is C18H24F3NO3. The molecular weight excluding hydrogens is 335 g/mol. The molecule has 0 amide bonds. The molecule has 0 bridgehead atoms. The number of aliphatic hydroxyl groups excluding tert-OH is 1. The molecule has 1 aromatic rings. The number of hydrogen-bond acceptors (Lipinski definition) is 4. The maximum Gasteiger partial charge on any atom is 0.417 e. The van der Waals surface area contributed by atoms with E-state index in [1.54, 1.807) is 0 Å². The maximum atomic E-state index is 13.0. The first kappa shape index (κ1) is 23.0. The van der Waals surface area contributed by atoms with E-state index in [1.165, 1.54) is 20.8 Å². The maximum absolute atomic E-state index is 13.0. The van der Waals surface area contributed by atoms with E-state index in [1.807, 2.05) is 13.8 Å². The minimum absolute atomic E-state index is 0.00877. The van der Waals surface area contributed by atoms with Crippen LogP contribution in [0.5, 0.6) is 0 Å². The van der Waals surface area contributed by atoms with Crippen LogP contribution in [0.4, 0.5) is 13.2 Å². The van der Waals surface area contributed by atoms with E-state index >= 15 is 0 Å². The highest BCUT2D eigenvalue weighted by Crippen LogP contribution is 2.32. The Morgan fingerprint density at radius 3 is 2.08 bits per heavy atom. The lowest BCUT2D eigenvalue weighted by Crippen LogP contribution is -2.18. The number of nitrogens with zero attached hydrogens (tertiary/aromatic N) is 1. The molecule has 0 fully saturated rings. The van der Waals surface area contributed by atoms with E-state index in [-0.39, 0.29) is 17.9 Å². The molecule has 1 N–H and O–H groups in total. The van der Waals surface area contributed by atoms with Crippen molar-refractivity contribution in [3.8, 4) is 0 Å². The van der Waals surface area contributed by atoms with Crippen LogP contribution in [0.2, 0.25) is 0 Å². The van der Waals surface area contributed by atoms with Gasteiger partial charge in [-0.3, -0.25) is 14.6 Å². The van der Waals surface area contributed by atoms with E-state index < -0.39 is 29.2 Å². The number of carbonyl (C=O) groups is 2. The van der Waals surface area contributed by atoms with E-state index in [9.17, 15) is 27.9 Å². The normalized spacial score (nSPS) is 13.4. The first-order chi connectivity index (χ1) is 11.4. The third-order valence-corrected chi connectivity index (χ3v) is 3.67. The molecule has 0 radical (unpaired) electrons. The quantitative estimate of drug-likeness (QED) is 0.633. The molecule has 1 aromatic heterocycles. The molecule has 25 heavy (non-hydrogen) atoms. The fourth-order valence-corrected chi connectivity index (χ4v) is 2.00. The van der Waals surface area contributed by atoms with Crippen molar-refractivity contribution in [1.82, 2.24) is 4.98 Å². The summed E-state index contributed by atoms with van der Waals surface area (Å²) in [6.45, 7) is 9.45. The van der Waals surface area contributed by atoms with Gasteiger partial charge in [0.05, 0.1) is 11.7 Å². The molecule has 140 valence electrons. The number of alkyl halides is 3. The molecule has 0 aromatic carbocycles. The van der Waals surface area contributed by atoms with Gasteiger partial charge in [-0.25, -0.2) is 0 Å². The second-order valence-electron chi connectivity index (χ2n) is 5.36. The van der Waals surface area contributed by atoms with E-state index in [4.69, 9.17) is 0 Å². The van der Waals surface area contributed by atoms with Gasteiger partial charge in [0, 0.05) is 23.9 Å². The SMILES string of the molecule is CC.CC(=O)/C(C)=C(/C)C(O)Cc1cc(C(F)(F)F)c(C(C)=O)cn1. The van der Waals surface area contributed by atoms with Crippen molar-refractivity contribution >= 4 is 11.6 Å². The van der Waals surface area contributed by atoms with Crippen molar-refractivity contribution in [3.05, 3.63) is 40.2 Å². The summed E-state index contributed by atoms with van der Waals surface area (Å²) in [5.41, 5.74) is -0.863. The minimum Gasteiger partial charge on any atom is -0.388 e. The third kappa shape index (κ3) is 6.42. The zero-order valence-electron chi connectivity index (χ0n) is 15.3. The van der Waals surface area contributed by atoms with E-state index in [0.717, 1.165) is 19.2 Å². The summed E-state index contributed by atoms with van der Waals surface area (Å²) in [5.74, 6) is -0.960. The average Bonchev–Trinajstić information content (AvgIpc) is 2.54. The zero-order valence-corrected chi connectivity index (χ0v) is 15.3. The number of pyridine rings is 1. The van der Waals surface area contributed by atoms with Gasteiger partial charge < -0.3 is 5.11 Å².